The molecule has 16 heavy (non-hydrogen) atoms. The summed E-state index contributed by atoms with van der Waals surface area (Å²) in [5.74, 6) is -0.263. The predicted octanol–water partition coefficient (Wildman–Crippen LogP) is 3.25. The van der Waals surface area contributed by atoms with Crippen LogP contribution in [0.15, 0.2) is 36.5 Å². The van der Waals surface area contributed by atoms with Crippen molar-refractivity contribution in [2.24, 2.45) is 0 Å². The molecule has 0 amide bonds. The van der Waals surface area contributed by atoms with E-state index in [1.165, 1.54) is 6.20 Å². The highest BCUT2D eigenvalue weighted by atomic mass is 35.5. The molecule has 0 saturated heterocycles. The Labute approximate surface area is 96.6 Å². The SMILES string of the molecule is Nc1ccc(Oc2ncc(Cl)cc2F)cc1. The summed E-state index contributed by atoms with van der Waals surface area (Å²) in [7, 11) is 0. The molecule has 1 aromatic heterocycles. The molecule has 0 spiro atoms. The van der Waals surface area contributed by atoms with Gasteiger partial charge in [-0.1, -0.05) is 11.6 Å². The molecule has 0 atom stereocenters. The number of nitrogens with two attached hydrogens (primary N) is 1. The highest BCUT2D eigenvalue weighted by Crippen LogP contribution is 2.24. The molecule has 5 heteroatoms. The molecule has 1 aromatic carbocycles. The van der Waals surface area contributed by atoms with Crippen molar-refractivity contribution in [2.75, 3.05) is 5.73 Å². The van der Waals surface area contributed by atoms with E-state index in [0.29, 0.717) is 11.4 Å². The molecule has 2 aromatic rings. The molecule has 1 heterocycles. The lowest BCUT2D eigenvalue weighted by atomic mass is 10.3. The summed E-state index contributed by atoms with van der Waals surface area (Å²) in [6.45, 7) is 0. The van der Waals surface area contributed by atoms with Crippen molar-refractivity contribution in [3.05, 3.63) is 47.4 Å². The van der Waals surface area contributed by atoms with E-state index >= 15 is 0 Å². The Morgan fingerprint density at radius 3 is 2.56 bits per heavy atom. The molecule has 0 radical (unpaired) electrons. The number of nitrogens with zero attached hydrogens (tertiary/aromatic N) is 1. The van der Waals surface area contributed by atoms with E-state index in [9.17, 15) is 4.39 Å². The predicted molar refractivity (Wildman–Crippen MR) is 60.1 cm³/mol. The zero-order chi connectivity index (χ0) is 11.5. The van der Waals surface area contributed by atoms with Gasteiger partial charge in [0.25, 0.3) is 5.88 Å². The second kappa shape index (κ2) is 4.37. The summed E-state index contributed by atoms with van der Waals surface area (Å²) < 4.78 is 18.5. The number of nitrogen functional groups attached to an aromatic ring is 1. The molecule has 0 fully saturated rings. The number of hydrogen-bond donors (Lipinski definition) is 1. The number of anilines is 1. The van der Waals surface area contributed by atoms with Crippen molar-refractivity contribution in [2.45, 2.75) is 0 Å². The minimum Gasteiger partial charge on any atom is -0.436 e. The van der Waals surface area contributed by atoms with Crippen molar-refractivity contribution < 1.29 is 9.13 Å². The van der Waals surface area contributed by atoms with Crippen LogP contribution in [0.5, 0.6) is 11.6 Å². The number of aromatic nitrogens is 1. The van der Waals surface area contributed by atoms with Crippen molar-refractivity contribution in [3.8, 4) is 11.6 Å². The van der Waals surface area contributed by atoms with Gasteiger partial charge in [-0.05, 0) is 30.3 Å². The van der Waals surface area contributed by atoms with E-state index in [0.717, 1.165) is 6.07 Å². The standard InChI is InChI=1S/C11H8ClFN2O/c12-7-5-10(13)11(15-6-7)16-9-3-1-8(14)2-4-9/h1-6H,14H2. The Kier molecular flexibility index (Phi) is 2.92. The second-order valence-electron chi connectivity index (χ2n) is 3.11. The van der Waals surface area contributed by atoms with Crippen LogP contribution in [-0.2, 0) is 0 Å². The van der Waals surface area contributed by atoms with Crippen molar-refractivity contribution in [1.29, 1.82) is 0 Å². The van der Waals surface area contributed by atoms with E-state index in [1.807, 2.05) is 0 Å². The van der Waals surface area contributed by atoms with Gasteiger partial charge < -0.3 is 10.5 Å². The molecule has 0 aliphatic heterocycles. The average molecular weight is 239 g/mol. The van der Waals surface area contributed by atoms with Crippen molar-refractivity contribution in [3.63, 3.8) is 0 Å². The molecule has 82 valence electrons. The Morgan fingerprint density at radius 2 is 1.94 bits per heavy atom. The fourth-order valence-corrected chi connectivity index (χ4v) is 1.27. The first-order valence-corrected chi connectivity index (χ1v) is 4.87. The molecule has 2 N–H and O–H groups in total. The molecular formula is C11H8ClFN2O. The summed E-state index contributed by atoms with van der Waals surface area (Å²) in [6.07, 6.45) is 1.32. The monoisotopic (exact) mass is 238 g/mol. The smallest absolute Gasteiger partial charge is 0.255 e. The van der Waals surface area contributed by atoms with Crippen LogP contribution in [0.25, 0.3) is 0 Å². The van der Waals surface area contributed by atoms with Gasteiger partial charge in [0.1, 0.15) is 5.75 Å². The van der Waals surface area contributed by atoms with E-state index in [1.54, 1.807) is 24.3 Å². The fraction of sp³-hybridized carbons (Fsp3) is 0. The Bertz CT molecular complexity index is 502. The van der Waals surface area contributed by atoms with Crippen LogP contribution < -0.4 is 10.5 Å². The summed E-state index contributed by atoms with van der Waals surface area (Å²) in [4.78, 5) is 3.74. The Morgan fingerprint density at radius 1 is 1.25 bits per heavy atom. The first-order chi connectivity index (χ1) is 7.65. The van der Waals surface area contributed by atoms with Crippen molar-refractivity contribution >= 4 is 17.3 Å². The number of pyridine rings is 1. The van der Waals surface area contributed by atoms with Crippen LogP contribution in [0, 0.1) is 5.82 Å². The Balaban J connectivity index is 2.23. The highest BCUT2D eigenvalue weighted by Gasteiger charge is 2.06. The molecule has 2 rings (SSSR count). The average Bonchev–Trinajstić information content (AvgIpc) is 2.25. The van der Waals surface area contributed by atoms with Crippen LogP contribution in [-0.4, -0.2) is 4.98 Å². The number of benzene rings is 1. The van der Waals surface area contributed by atoms with Gasteiger partial charge in [-0.15, -0.1) is 0 Å². The minimum atomic E-state index is -0.607. The third-order valence-corrected chi connectivity index (χ3v) is 2.08. The summed E-state index contributed by atoms with van der Waals surface area (Å²) >= 11 is 5.57. The Hall–Kier alpha value is -1.81. The number of ether oxygens (including phenoxy) is 1. The van der Waals surface area contributed by atoms with Crippen molar-refractivity contribution in [1.82, 2.24) is 4.98 Å². The van der Waals surface area contributed by atoms with Gasteiger partial charge in [-0.25, -0.2) is 9.37 Å². The lowest BCUT2D eigenvalue weighted by Crippen LogP contribution is -1.92. The van der Waals surface area contributed by atoms with Gasteiger partial charge in [0, 0.05) is 11.9 Å². The van der Waals surface area contributed by atoms with Crippen LogP contribution in [0.4, 0.5) is 10.1 Å². The van der Waals surface area contributed by atoms with E-state index < -0.39 is 5.82 Å². The van der Waals surface area contributed by atoms with Gasteiger partial charge >= 0.3 is 0 Å². The molecule has 0 bridgehead atoms. The van der Waals surface area contributed by atoms with Crippen LogP contribution in [0.2, 0.25) is 5.02 Å². The lowest BCUT2D eigenvalue weighted by Gasteiger charge is -2.05. The quantitative estimate of drug-likeness (QED) is 0.817. The second-order valence-corrected chi connectivity index (χ2v) is 3.55. The van der Waals surface area contributed by atoms with E-state index in [-0.39, 0.29) is 10.9 Å². The highest BCUT2D eigenvalue weighted by molar-refractivity contribution is 6.30. The van der Waals surface area contributed by atoms with Crippen LogP contribution in [0.1, 0.15) is 0 Å². The molecule has 0 aliphatic rings. The molecular weight excluding hydrogens is 231 g/mol. The van der Waals surface area contributed by atoms with E-state index in [2.05, 4.69) is 4.98 Å². The van der Waals surface area contributed by atoms with Gasteiger partial charge in [-0.2, -0.15) is 0 Å². The normalized spacial score (nSPS) is 10.1. The molecule has 0 aliphatic carbocycles. The first-order valence-electron chi connectivity index (χ1n) is 4.49. The van der Waals surface area contributed by atoms with E-state index in [4.69, 9.17) is 22.1 Å². The maximum Gasteiger partial charge on any atom is 0.255 e. The summed E-state index contributed by atoms with van der Waals surface area (Å²) in [5, 5.41) is 0.224. The number of halogens is 2. The van der Waals surface area contributed by atoms with Crippen LogP contribution in [0.3, 0.4) is 0 Å². The van der Waals surface area contributed by atoms with Gasteiger partial charge in [-0.3, -0.25) is 0 Å². The van der Waals surface area contributed by atoms with Crippen LogP contribution >= 0.6 is 11.6 Å². The van der Waals surface area contributed by atoms with Gasteiger partial charge in [0.05, 0.1) is 5.02 Å². The third-order valence-electron chi connectivity index (χ3n) is 1.87. The zero-order valence-corrected chi connectivity index (χ0v) is 8.91. The largest absolute Gasteiger partial charge is 0.436 e. The topological polar surface area (TPSA) is 48.1 Å². The fourth-order valence-electron chi connectivity index (χ4n) is 1.12. The van der Waals surface area contributed by atoms with Gasteiger partial charge in [0.2, 0.25) is 0 Å². The zero-order valence-electron chi connectivity index (χ0n) is 8.15. The maximum atomic E-state index is 13.3. The summed E-state index contributed by atoms with van der Waals surface area (Å²) in [5.41, 5.74) is 6.12. The summed E-state index contributed by atoms with van der Waals surface area (Å²) in [6, 6.07) is 7.71. The lowest BCUT2D eigenvalue weighted by molar-refractivity contribution is 0.423. The maximum absolute atomic E-state index is 13.3. The molecule has 0 saturated carbocycles. The third kappa shape index (κ3) is 2.41. The molecule has 0 unspecified atom stereocenters. The minimum absolute atomic E-state index is 0.117. The number of hydrogen-bond acceptors (Lipinski definition) is 3. The number of rotatable bonds is 2. The molecule has 3 nitrogen and oxygen atoms in total. The first kappa shape index (κ1) is 10.7. The van der Waals surface area contributed by atoms with Gasteiger partial charge in [0.15, 0.2) is 5.82 Å².